The number of carbonyl (C=O) groups excluding carboxylic acids is 1. The molecule has 0 saturated heterocycles. The van der Waals surface area contributed by atoms with Gasteiger partial charge in [0.15, 0.2) is 0 Å². The lowest BCUT2D eigenvalue weighted by molar-refractivity contribution is -0.120. The maximum absolute atomic E-state index is 11.5. The Morgan fingerprint density at radius 2 is 2.05 bits per heavy atom. The molecule has 0 aliphatic heterocycles. The second-order valence-electron chi connectivity index (χ2n) is 5.72. The Morgan fingerprint density at radius 1 is 1.29 bits per heavy atom. The van der Waals surface area contributed by atoms with Gasteiger partial charge in [-0.15, -0.1) is 0 Å². The van der Waals surface area contributed by atoms with Gasteiger partial charge in [-0.2, -0.15) is 10.4 Å². The lowest BCUT2D eigenvalue weighted by Crippen LogP contribution is -2.30. The molecule has 0 N–H and O–H groups in total. The van der Waals surface area contributed by atoms with E-state index < -0.39 is 5.41 Å². The molecule has 4 nitrogen and oxygen atoms in total. The van der Waals surface area contributed by atoms with E-state index in [4.69, 9.17) is 0 Å². The summed E-state index contributed by atoms with van der Waals surface area (Å²) in [5.41, 5.74) is 2.59. The van der Waals surface area contributed by atoms with Crippen molar-refractivity contribution in [1.29, 1.82) is 5.26 Å². The highest BCUT2D eigenvalue weighted by Gasteiger charge is 2.36. The van der Waals surface area contributed by atoms with Crippen molar-refractivity contribution in [2.24, 2.45) is 7.05 Å². The largest absolute Gasteiger partial charge is 0.300 e. The fourth-order valence-electron chi connectivity index (χ4n) is 2.99. The van der Waals surface area contributed by atoms with Crippen LogP contribution in [0.15, 0.2) is 36.7 Å². The van der Waals surface area contributed by atoms with Gasteiger partial charge in [-0.1, -0.05) is 18.2 Å². The molecular weight excluding hydrogens is 262 g/mol. The number of nitriles is 1. The Labute approximate surface area is 124 Å². The van der Waals surface area contributed by atoms with E-state index in [0.717, 1.165) is 16.7 Å². The molecule has 4 heteroatoms. The number of carbonyl (C=O) groups is 1. The Balaban J connectivity index is 1.99. The number of hydrogen-bond donors (Lipinski definition) is 0. The summed E-state index contributed by atoms with van der Waals surface area (Å²) in [7, 11) is 1.89. The molecule has 21 heavy (non-hydrogen) atoms. The molecule has 0 bridgehead atoms. The molecule has 0 radical (unpaired) electrons. The second-order valence-corrected chi connectivity index (χ2v) is 5.72. The van der Waals surface area contributed by atoms with Gasteiger partial charge in [0.1, 0.15) is 5.78 Å². The van der Waals surface area contributed by atoms with Gasteiger partial charge < -0.3 is 0 Å². The van der Waals surface area contributed by atoms with Gasteiger partial charge >= 0.3 is 0 Å². The SMILES string of the molecule is Cn1cc(-c2cccc(C3(C#N)CCC(=O)CC3)c2)cn1. The first-order valence-electron chi connectivity index (χ1n) is 7.15. The molecule has 1 heterocycles. The molecule has 1 saturated carbocycles. The predicted octanol–water partition coefficient (Wildman–Crippen LogP) is 2.99. The summed E-state index contributed by atoms with van der Waals surface area (Å²) < 4.78 is 1.77. The van der Waals surface area contributed by atoms with Crippen LogP contribution in [0, 0.1) is 11.3 Å². The molecule has 2 aromatic rings. The van der Waals surface area contributed by atoms with Gasteiger partial charge in [-0.3, -0.25) is 9.48 Å². The lowest BCUT2D eigenvalue weighted by Gasteiger charge is -2.30. The summed E-state index contributed by atoms with van der Waals surface area (Å²) in [6.45, 7) is 0. The molecule has 0 unspecified atom stereocenters. The quantitative estimate of drug-likeness (QED) is 0.849. The third-order valence-electron chi connectivity index (χ3n) is 4.33. The number of ketones is 1. The van der Waals surface area contributed by atoms with E-state index in [2.05, 4.69) is 17.2 Å². The fourth-order valence-corrected chi connectivity index (χ4v) is 2.99. The van der Waals surface area contributed by atoms with Crippen molar-refractivity contribution < 1.29 is 4.79 Å². The zero-order valence-electron chi connectivity index (χ0n) is 12.0. The first kappa shape index (κ1) is 13.6. The highest BCUT2D eigenvalue weighted by molar-refractivity contribution is 5.80. The van der Waals surface area contributed by atoms with Crippen LogP contribution in [-0.4, -0.2) is 15.6 Å². The van der Waals surface area contributed by atoms with Crippen LogP contribution in [0.25, 0.3) is 11.1 Å². The van der Waals surface area contributed by atoms with Crippen LogP contribution < -0.4 is 0 Å². The van der Waals surface area contributed by atoms with Gasteiger partial charge in [0.2, 0.25) is 0 Å². The smallest absolute Gasteiger partial charge is 0.133 e. The molecule has 106 valence electrons. The number of rotatable bonds is 2. The van der Waals surface area contributed by atoms with Crippen LogP contribution in [0.4, 0.5) is 0 Å². The molecule has 1 aromatic heterocycles. The van der Waals surface area contributed by atoms with E-state index in [0.29, 0.717) is 25.7 Å². The number of aromatic nitrogens is 2. The van der Waals surface area contributed by atoms with E-state index in [1.807, 2.05) is 37.6 Å². The molecular formula is C17H17N3O. The summed E-state index contributed by atoms with van der Waals surface area (Å²) in [6, 6.07) is 10.5. The van der Waals surface area contributed by atoms with E-state index in [-0.39, 0.29) is 5.78 Å². The maximum Gasteiger partial charge on any atom is 0.133 e. The van der Waals surface area contributed by atoms with Gasteiger partial charge in [-0.25, -0.2) is 0 Å². The highest BCUT2D eigenvalue weighted by Crippen LogP contribution is 2.39. The monoisotopic (exact) mass is 279 g/mol. The molecule has 3 rings (SSSR count). The van der Waals surface area contributed by atoms with Crippen LogP contribution in [0.2, 0.25) is 0 Å². The van der Waals surface area contributed by atoms with Crippen LogP contribution >= 0.6 is 0 Å². The van der Waals surface area contributed by atoms with Gasteiger partial charge in [-0.05, 0) is 30.0 Å². The summed E-state index contributed by atoms with van der Waals surface area (Å²) in [5, 5.41) is 13.9. The Kier molecular flexibility index (Phi) is 3.34. The number of hydrogen-bond acceptors (Lipinski definition) is 3. The van der Waals surface area contributed by atoms with Crippen molar-refractivity contribution in [3.05, 3.63) is 42.2 Å². The van der Waals surface area contributed by atoms with Crippen molar-refractivity contribution in [1.82, 2.24) is 9.78 Å². The van der Waals surface area contributed by atoms with Gasteiger partial charge in [0, 0.05) is 31.6 Å². The minimum Gasteiger partial charge on any atom is -0.300 e. The molecule has 0 atom stereocenters. The minimum atomic E-state index is -0.522. The molecule has 0 amide bonds. The summed E-state index contributed by atoms with van der Waals surface area (Å²) in [5.74, 6) is 0.268. The van der Waals surface area contributed by atoms with Crippen LogP contribution in [0.5, 0.6) is 0 Å². The zero-order valence-corrected chi connectivity index (χ0v) is 12.0. The molecule has 1 fully saturated rings. The van der Waals surface area contributed by atoms with Crippen molar-refractivity contribution in [2.45, 2.75) is 31.1 Å². The van der Waals surface area contributed by atoms with Crippen molar-refractivity contribution in [3.8, 4) is 17.2 Å². The van der Waals surface area contributed by atoms with Crippen LogP contribution in [-0.2, 0) is 17.3 Å². The van der Waals surface area contributed by atoms with E-state index >= 15 is 0 Å². The Hall–Kier alpha value is -2.41. The summed E-state index contributed by atoms with van der Waals surface area (Å²) in [4.78, 5) is 11.5. The average molecular weight is 279 g/mol. The first-order chi connectivity index (χ1) is 10.1. The molecule has 0 spiro atoms. The third kappa shape index (κ3) is 2.47. The second kappa shape index (κ2) is 5.17. The van der Waals surface area contributed by atoms with Gasteiger partial charge in [0.25, 0.3) is 0 Å². The Morgan fingerprint density at radius 3 is 2.67 bits per heavy atom. The lowest BCUT2D eigenvalue weighted by atomic mass is 9.70. The van der Waals surface area contributed by atoms with Crippen molar-refractivity contribution in [2.75, 3.05) is 0 Å². The summed E-state index contributed by atoms with van der Waals surface area (Å²) >= 11 is 0. The number of Topliss-reactive ketones (excluding diaryl/α,β-unsaturated/α-hetero) is 1. The van der Waals surface area contributed by atoms with Gasteiger partial charge in [0.05, 0.1) is 17.7 Å². The number of aryl methyl sites for hydroxylation is 1. The number of benzene rings is 1. The first-order valence-corrected chi connectivity index (χ1v) is 7.15. The topological polar surface area (TPSA) is 58.7 Å². The van der Waals surface area contributed by atoms with Crippen LogP contribution in [0.1, 0.15) is 31.2 Å². The normalized spacial score (nSPS) is 17.4. The zero-order chi connectivity index (χ0) is 14.9. The van der Waals surface area contributed by atoms with E-state index in [1.165, 1.54) is 0 Å². The predicted molar refractivity (Wildman–Crippen MR) is 79.4 cm³/mol. The van der Waals surface area contributed by atoms with E-state index in [1.54, 1.807) is 4.68 Å². The van der Waals surface area contributed by atoms with Crippen molar-refractivity contribution >= 4 is 5.78 Å². The molecule has 1 aliphatic rings. The molecule has 1 aromatic carbocycles. The summed E-state index contributed by atoms with van der Waals surface area (Å²) in [6.07, 6.45) is 6.04. The standard InChI is InChI=1S/C17H17N3O/c1-20-11-14(10-19-20)13-3-2-4-15(9-13)17(12-18)7-5-16(21)6-8-17/h2-4,9-11H,5-8H2,1H3. The van der Waals surface area contributed by atoms with E-state index in [9.17, 15) is 10.1 Å². The van der Waals surface area contributed by atoms with Crippen LogP contribution in [0.3, 0.4) is 0 Å². The minimum absolute atomic E-state index is 0.268. The molecule has 1 aliphatic carbocycles. The maximum atomic E-state index is 11.5. The fraction of sp³-hybridized carbons (Fsp3) is 0.353. The average Bonchev–Trinajstić information content (AvgIpc) is 2.95. The van der Waals surface area contributed by atoms with Crippen molar-refractivity contribution in [3.63, 3.8) is 0 Å². The highest BCUT2D eigenvalue weighted by atomic mass is 16.1. The Bertz CT molecular complexity index is 714. The third-order valence-corrected chi connectivity index (χ3v) is 4.33. The number of nitrogens with zero attached hydrogens (tertiary/aromatic N) is 3.